The SMILES string of the molecule is C=COCCOCCOCCOCCN1C(=O)CCCC1=O. The van der Waals surface area contributed by atoms with Crippen LogP contribution in [-0.2, 0) is 28.5 Å². The summed E-state index contributed by atoms with van der Waals surface area (Å²) in [5.41, 5.74) is 0. The van der Waals surface area contributed by atoms with Crippen molar-refractivity contribution in [1.29, 1.82) is 0 Å². The highest BCUT2D eigenvalue weighted by molar-refractivity contribution is 5.97. The molecule has 0 radical (unpaired) electrons. The standard InChI is InChI=1S/C15H25NO6/c1-2-19-8-9-21-12-13-22-11-10-20-7-6-16-14(17)4-3-5-15(16)18/h2H,1,3-13H2. The molecule has 1 aliphatic heterocycles. The molecule has 0 saturated carbocycles. The number of carbonyl (C=O) groups is 2. The Morgan fingerprint density at radius 1 is 0.864 bits per heavy atom. The van der Waals surface area contributed by atoms with E-state index in [9.17, 15) is 9.59 Å². The van der Waals surface area contributed by atoms with Crippen LogP contribution in [0.15, 0.2) is 12.8 Å². The van der Waals surface area contributed by atoms with E-state index in [0.29, 0.717) is 72.1 Å². The predicted molar refractivity (Wildman–Crippen MR) is 79.2 cm³/mol. The molecule has 1 fully saturated rings. The van der Waals surface area contributed by atoms with Gasteiger partial charge in [0, 0.05) is 12.8 Å². The molecule has 0 unspecified atom stereocenters. The molecule has 126 valence electrons. The number of ether oxygens (including phenoxy) is 4. The number of hydrogen-bond donors (Lipinski definition) is 0. The number of carbonyl (C=O) groups excluding carboxylic acids is 2. The van der Waals surface area contributed by atoms with E-state index >= 15 is 0 Å². The molecule has 1 saturated heterocycles. The van der Waals surface area contributed by atoms with Gasteiger partial charge >= 0.3 is 0 Å². The van der Waals surface area contributed by atoms with E-state index < -0.39 is 0 Å². The van der Waals surface area contributed by atoms with E-state index in [1.54, 1.807) is 0 Å². The van der Waals surface area contributed by atoms with Crippen molar-refractivity contribution in [2.45, 2.75) is 19.3 Å². The van der Waals surface area contributed by atoms with Gasteiger partial charge in [0.25, 0.3) is 0 Å². The van der Waals surface area contributed by atoms with E-state index in [1.807, 2.05) is 0 Å². The zero-order valence-electron chi connectivity index (χ0n) is 13.0. The Morgan fingerprint density at radius 3 is 1.91 bits per heavy atom. The third-order valence-electron chi connectivity index (χ3n) is 3.05. The minimum Gasteiger partial charge on any atom is -0.499 e. The zero-order valence-corrected chi connectivity index (χ0v) is 13.0. The van der Waals surface area contributed by atoms with Gasteiger partial charge < -0.3 is 18.9 Å². The second kappa shape index (κ2) is 12.1. The summed E-state index contributed by atoms with van der Waals surface area (Å²) in [6, 6.07) is 0. The lowest BCUT2D eigenvalue weighted by Crippen LogP contribution is -2.42. The van der Waals surface area contributed by atoms with Crippen molar-refractivity contribution in [3.8, 4) is 0 Å². The topological polar surface area (TPSA) is 74.3 Å². The van der Waals surface area contributed by atoms with E-state index in [-0.39, 0.29) is 11.8 Å². The highest BCUT2D eigenvalue weighted by Gasteiger charge is 2.25. The molecule has 0 atom stereocenters. The number of piperidine rings is 1. The molecule has 0 aromatic rings. The number of rotatable bonds is 13. The van der Waals surface area contributed by atoms with Crippen molar-refractivity contribution in [1.82, 2.24) is 4.90 Å². The molecule has 0 spiro atoms. The Bertz CT molecular complexity index is 331. The first-order valence-corrected chi connectivity index (χ1v) is 7.54. The maximum atomic E-state index is 11.5. The van der Waals surface area contributed by atoms with Gasteiger partial charge in [-0.1, -0.05) is 6.58 Å². The van der Waals surface area contributed by atoms with Gasteiger partial charge in [-0.25, -0.2) is 0 Å². The Balaban J connectivity index is 1.86. The van der Waals surface area contributed by atoms with Gasteiger partial charge in [-0.05, 0) is 6.42 Å². The monoisotopic (exact) mass is 315 g/mol. The summed E-state index contributed by atoms with van der Waals surface area (Å²) in [6.07, 6.45) is 2.94. The maximum absolute atomic E-state index is 11.5. The van der Waals surface area contributed by atoms with Crippen molar-refractivity contribution in [2.24, 2.45) is 0 Å². The summed E-state index contributed by atoms with van der Waals surface area (Å²) < 4.78 is 20.8. The van der Waals surface area contributed by atoms with Gasteiger partial charge in [0.2, 0.25) is 11.8 Å². The van der Waals surface area contributed by atoms with Gasteiger partial charge in [-0.3, -0.25) is 14.5 Å². The molecular formula is C15H25NO6. The smallest absolute Gasteiger partial charge is 0.229 e. The third-order valence-corrected chi connectivity index (χ3v) is 3.05. The molecule has 22 heavy (non-hydrogen) atoms. The summed E-state index contributed by atoms with van der Waals surface area (Å²) in [5.74, 6) is -0.206. The average Bonchev–Trinajstić information content (AvgIpc) is 2.51. The van der Waals surface area contributed by atoms with E-state index in [1.165, 1.54) is 11.2 Å². The molecule has 1 aliphatic rings. The van der Waals surface area contributed by atoms with Crippen LogP contribution in [0.4, 0.5) is 0 Å². The maximum Gasteiger partial charge on any atom is 0.229 e. The van der Waals surface area contributed by atoms with E-state index in [2.05, 4.69) is 6.58 Å². The summed E-state index contributed by atoms with van der Waals surface area (Å²) in [5, 5.41) is 0. The van der Waals surface area contributed by atoms with Crippen LogP contribution in [0.3, 0.4) is 0 Å². The molecule has 0 aromatic heterocycles. The largest absolute Gasteiger partial charge is 0.499 e. The summed E-state index contributed by atoms with van der Waals surface area (Å²) in [4.78, 5) is 24.3. The first-order chi connectivity index (χ1) is 10.8. The molecule has 1 heterocycles. The van der Waals surface area contributed by atoms with Gasteiger partial charge in [-0.15, -0.1) is 0 Å². The normalized spacial score (nSPS) is 15.2. The molecule has 0 bridgehead atoms. The lowest BCUT2D eigenvalue weighted by molar-refractivity contribution is -0.148. The number of amides is 2. The minimum absolute atomic E-state index is 0.103. The number of nitrogens with zero attached hydrogens (tertiary/aromatic N) is 1. The van der Waals surface area contributed by atoms with Crippen LogP contribution in [0.5, 0.6) is 0 Å². The van der Waals surface area contributed by atoms with Crippen LogP contribution in [0.2, 0.25) is 0 Å². The van der Waals surface area contributed by atoms with E-state index in [4.69, 9.17) is 18.9 Å². The lowest BCUT2D eigenvalue weighted by Gasteiger charge is -2.24. The molecule has 0 N–H and O–H groups in total. The number of hydrogen-bond acceptors (Lipinski definition) is 6. The van der Waals surface area contributed by atoms with Crippen LogP contribution in [-0.4, -0.2) is 69.5 Å². The van der Waals surface area contributed by atoms with Crippen molar-refractivity contribution >= 4 is 11.8 Å². The molecular weight excluding hydrogens is 290 g/mol. The summed E-state index contributed by atoms with van der Waals surface area (Å²) in [6.45, 7) is 6.95. The average molecular weight is 315 g/mol. The van der Waals surface area contributed by atoms with Gasteiger partial charge in [0.05, 0.1) is 52.4 Å². The van der Waals surface area contributed by atoms with Crippen LogP contribution in [0, 0.1) is 0 Å². The van der Waals surface area contributed by atoms with Crippen molar-refractivity contribution < 1.29 is 28.5 Å². The van der Waals surface area contributed by atoms with Crippen molar-refractivity contribution in [2.75, 3.05) is 52.8 Å². The first kappa shape index (κ1) is 18.6. The fourth-order valence-electron chi connectivity index (χ4n) is 1.94. The summed E-state index contributed by atoms with van der Waals surface area (Å²) >= 11 is 0. The Morgan fingerprint density at radius 2 is 1.36 bits per heavy atom. The second-order valence-corrected chi connectivity index (χ2v) is 4.67. The lowest BCUT2D eigenvalue weighted by atomic mass is 10.1. The zero-order chi connectivity index (χ0) is 16.0. The third kappa shape index (κ3) is 8.11. The van der Waals surface area contributed by atoms with Crippen LogP contribution in [0.25, 0.3) is 0 Å². The second-order valence-electron chi connectivity index (χ2n) is 4.67. The number of imide groups is 1. The minimum atomic E-state index is -0.103. The fourth-order valence-corrected chi connectivity index (χ4v) is 1.94. The number of likely N-dealkylation sites (tertiary alicyclic amines) is 1. The molecule has 7 heteroatoms. The van der Waals surface area contributed by atoms with Crippen molar-refractivity contribution in [3.05, 3.63) is 12.8 Å². The van der Waals surface area contributed by atoms with Crippen molar-refractivity contribution in [3.63, 3.8) is 0 Å². The van der Waals surface area contributed by atoms with Crippen LogP contribution in [0.1, 0.15) is 19.3 Å². The Kier molecular flexibility index (Phi) is 10.3. The summed E-state index contributed by atoms with van der Waals surface area (Å²) in [7, 11) is 0. The quantitative estimate of drug-likeness (QED) is 0.283. The van der Waals surface area contributed by atoms with Gasteiger partial charge in [0.1, 0.15) is 6.61 Å². The highest BCUT2D eigenvalue weighted by Crippen LogP contribution is 2.11. The fraction of sp³-hybridized carbons (Fsp3) is 0.733. The highest BCUT2D eigenvalue weighted by atomic mass is 16.6. The van der Waals surface area contributed by atoms with Crippen LogP contribution < -0.4 is 0 Å². The Labute approximate surface area is 131 Å². The predicted octanol–water partition coefficient (Wildman–Crippen LogP) is 0.735. The van der Waals surface area contributed by atoms with Gasteiger partial charge in [-0.2, -0.15) is 0 Å². The molecule has 0 aromatic carbocycles. The Hall–Kier alpha value is -1.44. The molecule has 0 aliphatic carbocycles. The molecule has 7 nitrogen and oxygen atoms in total. The first-order valence-electron chi connectivity index (χ1n) is 7.54. The van der Waals surface area contributed by atoms with E-state index in [0.717, 1.165) is 0 Å². The van der Waals surface area contributed by atoms with Gasteiger partial charge in [0.15, 0.2) is 0 Å². The van der Waals surface area contributed by atoms with Crippen LogP contribution >= 0.6 is 0 Å². The molecule has 2 amide bonds. The molecule has 1 rings (SSSR count).